The molecule has 5 heteroatoms. The number of nitrogens with zero attached hydrogens (tertiary/aromatic N) is 1. The monoisotopic (exact) mass is 223 g/mol. The van der Waals surface area contributed by atoms with E-state index in [1.54, 1.807) is 12.1 Å². The van der Waals surface area contributed by atoms with Crippen molar-refractivity contribution in [1.82, 2.24) is 0 Å². The van der Waals surface area contributed by atoms with Crippen molar-refractivity contribution in [2.75, 3.05) is 12.3 Å². The first kappa shape index (κ1) is 10.0. The molecule has 0 aromatic heterocycles. The zero-order valence-electron chi connectivity index (χ0n) is 7.84. The summed E-state index contributed by atoms with van der Waals surface area (Å²) in [4.78, 5) is 15.5. The highest BCUT2D eigenvalue weighted by atomic mass is 32.2. The maximum Gasteiger partial charge on any atom is 0.368 e. The average molecular weight is 223 g/mol. The Kier molecular flexibility index (Phi) is 2.91. The molecule has 0 spiro atoms. The van der Waals surface area contributed by atoms with Crippen LogP contribution in [0.4, 0.5) is 0 Å². The summed E-state index contributed by atoms with van der Waals surface area (Å²) in [5.41, 5.74) is 0. The first-order chi connectivity index (χ1) is 7.27. The number of aromatic hydroxyl groups is 1. The summed E-state index contributed by atoms with van der Waals surface area (Å²) in [7, 11) is 0. The largest absolute Gasteiger partial charge is 0.504 e. The predicted molar refractivity (Wildman–Crippen MR) is 58.5 cm³/mol. The Morgan fingerprint density at radius 1 is 1.47 bits per heavy atom. The molecule has 1 heterocycles. The van der Waals surface area contributed by atoms with Crippen LogP contribution >= 0.6 is 11.8 Å². The van der Waals surface area contributed by atoms with Crippen LogP contribution in [0.1, 0.15) is 0 Å². The molecule has 0 saturated carbocycles. The molecule has 0 fully saturated rings. The lowest BCUT2D eigenvalue weighted by Gasteiger charge is -2.04. The number of ether oxygens (including phenoxy) is 1. The number of carbonyl (C=O) groups excluding carboxylic acids is 1. The van der Waals surface area contributed by atoms with E-state index in [1.807, 2.05) is 0 Å². The summed E-state index contributed by atoms with van der Waals surface area (Å²) in [6.07, 6.45) is 0. The highest BCUT2D eigenvalue weighted by Crippen LogP contribution is 2.25. The third-order valence-corrected chi connectivity index (χ3v) is 2.78. The van der Waals surface area contributed by atoms with Gasteiger partial charge in [0.25, 0.3) is 0 Å². The second-order valence-electron chi connectivity index (χ2n) is 2.89. The molecule has 15 heavy (non-hydrogen) atoms. The van der Waals surface area contributed by atoms with E-state index in [1.165, 1.54) is 23.9 Å². The van der Waals surface area contributed by atoms with Crippen molar-refractivity contribution in [3.63, 3.8) is 0 Å². The molecular weight excluding hydrogens is 214 g/mol. The second kappa shape index (κ2) is 4.35. The first-order valence-electron chi connectivity index (χ1n) is 4.45. The van der Waals surface area contributed by atoms with Crippen LogP contribution in [-0.4, -0.2) is 28.4 Å². The summed E-state index contributed by atoms with van der Waals surface area (Å²) < 4.78 is 4.99. The molecule has 78 valence electrons. The molecule has 0 amide bonds. The maximum absolute atomic E-state index is 11.5. The van der Waals surface area contributed by atoms with E-state index >= 15 is 0 Å². The van der Waals surface area contributed by atoms with Crippen LogP contribution in [0, 0.1) is 0 Å². The molecule has 4 nitrogen and oxygen atoms in total. The minimum Gasteiger partial charge on any atom is -0.504 e. The van der Waals surface area contributed by atoms with Gasteiger partial charge in [-0.25, -0.2) is 4.79 Å². The molecule has 1 aromatic carbocycles. The van der Waals surface area contributed by atoms with E-state index in [9.17, 15) is 9.90 Å². The van der Waals surface area contributed by atoms with Crippen molar-refractivity contribution in [3.8, 4) is 11.5 Å². The van der Waals surface area contributed by atoms with Crippen LogP contribution in [0.15, 0.2) is 29.3 Å². The van der Waals surface area contributed by atoms with Crippen molar-refractivity contribution in [2.24, 2.45) is 4.99 Å². The molecule has 0 saturated heterocycles. The summed E-state index contributed by atoms with van der Waals surface area (Å²) in [6, 6.07) is 6.35. The first-order valence-corrected chi connectivity index (χ1v) is 5.43. The summed E-state index contributed by atoms with van der Waals surface area (Å²) >= 11 is 1.37. The van der Waals surface area contributed by atoms with E-state index in [0.29, 0.717) is 11.6 Å². The second-order valence-corrected chi connectivity index (χ2v) is 3.98. The number of esters is 1. The van der Waals surface area contributed by atoms with Crippen molar-refractivity contribution >= 4 is 22.8 Å². The molecule has 0 atom stereocenters. The van der Waals surface area contributed by atoms with Gasteiger partial charge in [0.2, 0.25) is 0 Å². The van der Waals surface area contributed by atoms with Gasteiger partial charge in [-0.2, -0.15) is 0 Å². The molecule has 1 aromatic rings. The Hall–Kier alpha value is -1.49. The Balaban J connectivity index is 2.09. The van der Waals surface area contributed by atoms with Gasteiger partial charge in [-0.1, -0.05) is 23.9 Å². The Morgan fingerprint density at radius 3 is 2.93 bits per heavy atom. The van der Waals surface area contributed by atoms with Gasteiger partial charge in [-0.3, -0.25) is 4.99 Å². The summed E-state index contributed by atoms with van der Waals surface area (Å²) in [5.74, 6) is 0.428. The molecule has 0 unspecified atom stereocenters. The average Bonchev–Trinajstić information content (AvgIpc) is 2.74. The number of carbonyl (C=O) groups is 1. The SMILES string of the molecule is O=C(Oc1ccccc1O)C1=NCCS1. The Bertz CT molecular complexity index is 417. The number of para-hydroxylation sites is 2. The number of benzene rings is 1. The Morgan fingerprint density at radius 2 is 2.27 bits per heavy atom. The topological polar surface area (TPSA) is 58.9 Å². The third-order valence-electron chi connectivity index (χ3n) is 1.83. The smallest absolute Gasteiger partial charge is 0.368 e. The number of phenolic OH excluding ortho intramolecular Hbond substituents is 1. The van der Waals surface area contributed by atoms with Gasteiger partial charge in [0.1, 0.15) is 0 Å². The van der Waals surface area contributed by atoms with E-state index in [-0.39, 0.29) is 11.5 Å². The summed E-state index contributed by atoms with van der Waals surface area (Å²) in [5, 5.41) is 9.75. The van der Waals surface area contributed by atoms with Crippen LogP contribution in [0.2, 0.25) is 0 Å². The van der Waals surface area contributed by atoms with E-state index in [2.05, 4.69) is 4.99 Å². The highest BCUT2D eigenvalue weighted by molar-refractivity contribution is 8.16. The minimum atomic E-state index is -0.501. The van der Waals surface area contributed by atoms with Crippen molar-refractivity contribution < 1.29 is 14.6 Å². The molecule has 0 aliphatic carbocycles. The van der Waals surface area contributed by atoms with Gasteiger partial charge in [0, 0.05) is 12.3 Å². The van der Waals surface area contributed by atoms with Gasteiger partial charge in [0.05, 0.1) is 0 Å². The minimum absolute atomic E-state index is 0.0468. The lowest BCUT2D eigenvalue weighted by Crippen LogP contribution is -2.16. The number of thioether (sulfide) groups is 1. The number of hydrogen-bond donors (Lipinski definition) is 1. The predicted octanol–water partition coefficient (Wildman–Crippen LogP) is 1.44. The lowest BCUT2D eigenvalue weighted by atomic mass is 10.3. The number of phenols is 1. The molecule has 0 bridgehead atoms. The van der Waals surface area contributed by atoms with Gasteiger partial charge in [-0.15, -0.1) is 0 Å². The lowest BCUT2D eigenvalue weighted by molar-refractivity contribution is -0.126. The molecule has 1 N–H and O–H groups in total. The van der Waals surface area contributed by atoms with Crippen LogP contribution in [0.3, 0.4) is 0 Å². The van der Waals surface area contributed by atoms with Crippen LogP contribution in [0.5, 0.6) is 11.5 Å². The van der Waals surface area contributed by atoms with Crippen LogP contribution in [0.25, 0.3) is 0 Å². The fourth-order valence-electron chi connectivity index (χ4n) is 1.15. The number of hydrogen-bond acceptors (Lipinski definition) is 5. The quantitative estimate of drug-likeness (QED) is 0.609. The number of rotatable bonds is 2. The van der Waals surface area contributed by atoms with Crippen LogP contribution in [-0.2, 0) is 4.79 Å². The normalized spacial score (nSPS) is 14.8. The molecule has 0 radical (unpaired) electrons. The number of aliphatic imine (C=N–C) groups is 1. The molecule has 1 aliphatic rings. The zero-order chi connectivity index (χ0) is 10.7. The Labute approximate surface area is 91.0 Å². The zero-order valence-corrected chi connectivity index (χ0v) is 8.66. The standard InChI is InChI=1S/C10H9NO3S/c12-7-3-1-2-4-8(7)14-10(13)9-11-5-6-15-9/h1-4,12H,5-6H2. The fourth-order valence-corrected chi connectivity index (χ4v) is 1.86. The summed E-state index contributed by atoms with van der Waals surface area (Å²) in [6.45, 7) is 0.649. The van der Waals surface area contributed by atoms with E-state index < -0.39 is 5.97 Å². The molecule has 1 aliphatic heterocycles. The maximum atomic E-state index is 11.5. The van der Waals surface area contributed by atoms with Gasteiger partial charge < -0.3 is 9.84 Å². The van der Waals surface area contributed by atoms with Gasteiger partial charge in [-0.05, 0) is 12.1 Å². The van der Waals surface area contributed by atoms with E-state index in [0.717, 1.165) is 5.75 Å². The van der Waals surface area contributed by atoms with E-state index in [4.69, 9.17) is 4.74 Å². The molecule has 2 rings (SSSR count). The third kappa shape index (κ3) is 2.30. The van der Waals surface area contributed by atoms with Crippen LogP contribution < -0.4 is 4.74 Å². The van der Waals surface area contributed by atoms with Crippen molar-refractivity contribution in [1.29, 1.82) is 0 Å². The van der Waals surface area contributed by atoms with Crippen molar-refractivity contribution in [3.05, 3.63) is 24.3 Å². The van der Waals surface area contributed by atoms with Crippen molar-refractivity contribution in [2.45, 2.75) is 0 Å². The fraction of sp³-hybridized carbons (Fsp3) is 0.200. The molecular formula is C10H9NO3S. The van der Waals surface area contributed by atoms with Gasteiger partial charge in [0.15, 0.2) is 16.5 Å². The van der Waals surface area contributed by atoms with Gasteiger partial charge >= 0.3 is 5.97 Å². The highest BCUT2D eigenvalue weighted by Gasteiger charge is 2.19.